The molecule has 0 fully saturated rings. The summed E-state index contributed by atoms with van der Waals surface area (Å²) >= 11 is 0. The second kappa shape index (κ2) is 10.1. The number of rotatable bonds is 6. The van der Waals surface area contributed by atoms with Gasteiger partial charge in [0, 0.05) is 25.2 Å². The summed E-state index contributed by atoms with van der Waals surface area (Å²) in [6.45, 7) is 3.46. The third-order valence-corrected chi connectivity index (χ3v) is 6.55. The number of sulfone groups is 1. The van der Waals surface area contributed by atoms with E-state index >= 15 is 0 Å². The summed E-state index contributed by atoms with van der Waals surface area (Å²) in [5, 5.41) is 2.23. The van der Waals surface area contributed by atoms with Gasteiger partial charge in [0.15, 0.2) is 9.84 Å². The Morgan fingerprint density at radius 1 is 1.00 bits per heavy atom. The molecule has 2 amide bonds. The van der Waals surface area contributed by atoms with Crippen molar-refractivity contribution in [1.82, 2.24) is 10.2 Å². The summed E-state index contributed by atoms with van der Waals surface area (Å²) in [7, 11) is 0.0724. The average Bonchev–Trinajstić information content (AvgIpc) is 2.71. The molecule has 0 spiro atoms. The van der Waals surface area contributed by atoms with Crippen molar-refractivity contribution in [3.05, 3.63) is 65.2 Å². The van der Waals surface area contributed by atoms with Crippen molar-refractivity contribution in [3.8, 4) is 11.8 Å². The number of carbonyl (C=O) groups is 2. The van der Waals surface area contributed by atoms with Crippen molar-refractivity contribution < 1.29 is 18.0 Å². The number of nitrogens with one attached hydrogen (secondary N) is 1. The summed E-state index contributed by atoms with van der Waals surface area (Å²) in [5.41, 5.74) is 2.07. The minimum atomic E-state index is -3.32. The van der Waals surface area contributed by atoms with Crippen molar-refractivity contribution in [3.63, 3.8) is 0 Å². The summed E-state index contributed by atoms with van der Waals surface area (Å²) in [4.78, 5) is 25.7. The maximum absolute atomic E-state index is 12.1. The van der Waals surface area contributed by atoms with Gasteiger partial charge in [0.2, 0.25) is 5.91 Å². The van der Waals surface area contributed by atoms with Crippen LogP contribution < -0.4 is 5.32 Å². The Balaban J connectivity index is 1.87. The number of benzene rings is 2. The fourth-order valence-corrected chi connectivity index (χ4v) is 3.62. The standard InChI is InChI=1S/C23H26N2O4S/c1-17(2)30(28,29)21-13-9-19(10-14-21)16-22(26)24-15-5-6-18-7-11-20(12-8-18)23(27)25(3)4/h7-14,17H,15-16H2,1-4H3,(H,24,26). The fraction of sp³-hybridized carbons (Fsp3) is 0.304. The molecule has 2 aromatic rings. The molecule has 6 nitrogen and oxygen atoms in total. The zero-order valence-corrected chi connectivity index (χ0v) is 18.4. The second-order valence-electron chi connectivity index (χ2n) is 7.27. The molecule has 0 heterocycles. The Morgan fingerprint density at radius 2 is 1.60 bits per heavy atom. The molecule has 0 radical (unpaired) electrons. The van der Waals surface area contributed by atoms with Gasteiger partial charge in [-0.05, 0) is 55.8 Å². The third kappa shape index (κ3) is 6.19. The molecule has 158 valence electrons. The summed E-state index contributed by atoms with van der Waals surface area (Å²) in [6.07, 6.45) is 0.144. The summed E-state index contributed by atoms with van der Waals surface area (Å²) in [6, 6.07) is 13.3. The van der Waals surface area contributed by atoms with Crippen LogP contribution in [0.5, 0.6) is 0 Å². The van der Waals surface area contributed by atoms with Crippen LogP contribution in [0, 0.1) is 11.8 Å². The maximum Gasteiger partial charge on any atom is 0.253 e. The highest BCUT2D eigenvalue weighted by molar-refractivity contribution is 7.92. The lowest BCUT2D eigenvalue weighted by Crippen LogP contribution is -2.25. The van der Waals surface area contributed by atoms with Crippen LogP contribution in [0.3, 0.4) is 0 Å². The van der Waals surface area contributed by atoms with Crippen molar-refractivity contribution >= 4 is 21.7 Å². The molecule has 30 heavy (non-hydrogen) atoms. The van der Waals surface area contributed by atoms with Gasteiger partial charge in [0.1, 0.15) is 0 Å². The van der Waals surface area contributed by atoms with Crippen molar-refractivity contribution in [2.75, 3.05) is 20.6 Å². The Morgan fingerprint density at radius 3 is 2.13 bits per heavy atom. The third-order valence-electron chi connectivity index (χ3n) is 4.38. The lowest BCUT2D eigenvalue weighted by Gasteiger charge is -2.09. The van der Waals surface area contributed by atoms with E-state index in [1.54, 1.807) is 64.3 Å². The van der Waals surface area contributed by atoms with Crippen LogP contribution in [0.15, 0.2) is 53.4 Å². The Labute approximate surface area is 178 Å². The predicted molar refractivity (Wildman–Crippen MR) is 117 cm³/mol. The first-order valence-electron chi connectivity index (χ1n) is 9.51. The van der Waals surface area contributed by atoms with Gasteiger partial charge in [-0.1, -0.05) is 24.0 Å². The van der Waals surface area contributed by atoms with E-state index in [0.29, 0.717) is 5.56 Å². The molecule has 0 saturated carbocycles. The van der Waals surface area contributed by atoms with Crippen LogP contribution in [-0.4, -0.2) is 51.0 Å². The number of carbonyl (C=O) groups excluding carboxylic acids is 2. The van der Waals surface area contributed by atoms with E-state index in [0.717, 1.165) is 11.1 Å². The van der Waals surface area contributed by atoms with Gasteiger partial charge in [-0.3, -0.25) is 9.59 Å². The van der Waals surface area contributed by atoms with Gasteiger partial charge in [0.05, 0.1) is 23.1 Å². The minimum Gasteiger partial charge on any atom is -0.345 e. The summed E-state index contributed by atoms with van der Waals surface area (Å²) in [5.74, 6) is 5.54. The van der Waals surface area contributed by atoms with E-state index in [-0.39, 0.29) is 29.7 Å². The van der Waals surface area contributed by atoms with E-state index in [1.165, 1.54) is 17.0 Å². The molecule has 0 atom stereocenters. The highest BCUT2D eigenvalue weighted by atomic mass is 32.2. The molecule has 0 aliphatic carbocycles. The number of hydrogen-bond donors (Lipinski definition) is 1. The van der Waals surface area contributed by atoms with E-state index in [2.05, 4.69) is 17.2 Å². The minimum absolute atomic E-state index is 0.0726. The van der Waals surface area contributed by atoms with Crippen LogP contribution in [0.1, 0.15) is 35.3 Å². The van der Waals surface area contributed by atoms with Crippen LogP contribution in [0.4, 0.5) is 0 Å². The topological polar surface area (TPSA) is 83.5 Å². The SMILES string of the molecule is CC(C)S(=O)(=O)c1ccc(CC(=O)NCC#Cc2ccc(C(=O)N(C)C)cc2)cc1. The number of nitrogens with zero attached hydrogens (tertiary/aromatic N) is 1. The Kier molecular flexibility index (Phi) is 7.79. The van der Waals surface area contributed by atoms with Crippen LogP contribution in [0.2, 0.25) is 0 Å². The zero-order valence-electron chi connectivity index (χ0n) is 17.6. The lowest BCUT2D eigenvalue weighted by atomic mass is 10.1. The quantitative estimate of drug-likeness (QED) is 0.719. The highest BCUT2D eigenvalue weighted by Crippen LogP contribution is 2.16. The van der Waals surface area contributed by atoms with Gasteiger partial charge in [-0.25, -0.2) is 8.42 Å². The van der Waals surface area contributed by atoms with Crippen molar-refractivity contribution in [1.29, 1.82) is 0 Å². The normalized spacial score (nSPS) is 10.8. The molecular formula is C23H26N2O4S. The molecule has 2 rings (SSSR count). The molecule has 0 unspecified atom stereocenters. The molecule has 0 aliphatic heterocycles. The van der Waals surface area contributed by atoms with Gasteiger partial charge < -0.3 is 10.2 Å². The first-order valence-corrected chi connectivity index (χ1v) is 11.1. The Bertz CT molecular complexity index is 1060. The van der Waals surface area contributed by atoms with E-state index in [1.807, 2.05) is 0 Å². The van der Waals surface area contributed by atoms with E-state index < -0.39 is 15.1 Å². The fourth-order valence-electron chi connectivity index (χ4n) is 2.56. The van der Waals surface area contributed by atoms with Crippen molar-refractivity contribution in [2.24, 2.45) is 0 Å². The van der Waals surface area contributed by atoms with Gasteiger partial charge >= 0.3 is 0 Å². The number of hydrogen-bond acceptors (Lipinski definition) is 4. The van der Waals surface area contributed by atoms with Gasteiger partial charge in [-0.2, -0.15) is 0 Å². The molecule has 0 aromatic heterocycles. The molecule has 0 saturated heterocycles. The van der Waals surface area contributed by atoms with Crippen LogP contribution in [-0.2, 0) is 21.1 Å². The Hall–Kier alpha value is -3.11. The van der Waals surface area contributed by atoms with Crippen LogP contribution in [0.25, 0.3) is 0 Å². The molecule has 7 heteroatoms. The smallest absolute Gasteiger partial charge is 0.253 e. The monoisotopic (exact) mass is 426 g/mol. The summed E-state index contributed by atoms with van der Waals surface area (Å²) < 4.78 is 24.3. The maximum atomic E-state index is 12.1. The zero-order chi connectivity index (χ0) is 22.3. The first-order chi connectivity index (χ1) is 14.1. The second-order valence-corrected chi connectivity index (χ2v) is 9.77. The van der Waals surface area contributed by atoms with Gasteiger partial charge in [0.25, 0.3) is 5.91 Å². The van der Waals surface area contributed by atoms with Crippen LogP contribution >= 0.6 is 0 Å². The van der Waals surface area contributed by atoms with E-state index in [4.69, 9.17) is 0 Å². The molecule has 1 N–H and O–H groups in total. The predicted octanol–water partition coefficient (Wildman–Crippen LogP) is 2.28. The lowest BCUT2D eigenvalue weighted by molar-refractivity contribution is -0.120. The average molecular weight is 427 g/mol. The molecule has 0 bridgehead atoms. The van der Waals surface area contributed by atoms with Crippen molar-refractivity contribution in [2.45, 2.75) is 30.4 Å². The first kappa shape index (κ1) is 23.2. The molecule has 0 aliphatic rings. The molecule has 2 aromatic carbocycles. The van der Waals surface area contributed by atoms with E-state index in [9.17, 15) is 18.0 Å². The largest absolute Gasteiger partial charge is 0.345 e. The van der Waals surface area contributed by atoms with Gasteiger partial charge in [-0.15, -0.1) is 0 Å². The highest BCUT2D eigenvalue weighted by Gasteiger charge is 2.18. The number of amides is 2. The molecular weight excluding hydrogens is 400 g/mol.